The van der Waals surface area contributed by atoms with E-state index in [9.17, 15) is 0 Å². The van der Waals surface area contributed by atoms with Gasteiger partial charge in [-0.1, -0.05) is 0 Å². The van der Waals surface area contributed by atoms with Crippen LogP contribution in [0.5, 0.6) is 0 Å². The number of fused-ring (bicyclic) bond motifs is 6. The van der Waals surface area contributed by atoms with Crippen molar-refractivity contribution in [1.29, 1.82) is 0 Å². The molecule has 58 heavy (non-hydrogen) atoms. The van der Waals surface area contributed by atoms with Gasteiger partial charge in [-0.15, -0.1) is 24.8 Å². The second kappa shape index (κ2) is 14.4. The molecule has 0 spiro atoms. The Kier molecular flexibility index (Phi) is 11.4. The van der Waals surface area contributed by atoms with Crippen molar-refractivity contribution >= 4 is 64.3 Å². The fourth-order valence-corrected chi connectivity index (χ4v) is 36.5. The van der Waals surface area contributed by atoms with Crippen molar-refractivity contribution in [2.45, 2.75) is 112 Å². The molecule has 0 amide bonds. The van der Waals surface area contributed by atoms with Gasteiger partial charge < -0.3 is 0 Å². The van der Waals surface area contributed by atoms with Crippen molar-refractivity contribution in [2.24, 2.45) is 38.9 Å². The number of hydrogen-bond acceptors (Lipinski definition) is 0. The SMILES string of the molecule is Cl.Cl.[CH2]=[Zr]([C]1=CC(C(C)(C)C)=CC1CC)([c]1cccc(Cl)c1)([c]1cccc(Cl)c1)[C]1(C)C2=C3Cc4ccccc4C3=C3C=CCCC3C2(C)C(C)(C)C(C)(C)C1(C)C. The molecule has 0 N–H and O–H groups in total. The van der Waals surface area contributed by atoms with Gasteiger partial charge in [0.1, 0.15) is 0 Å². The van der Waals surface area contributed by atoms with Crippen LogP contribution in [0, 0.1) is 38.9 Å². The Hall–Kier alpha value is -1.73. The van der Waals surface area contributed by atoms with E-state index >= 15 is 0 Å². The summed E-state index contributed by atoms with van der Waals surface area (Å²) in [7, 11) is 0. The average Bonchev–Trinajstić information content (AvgIpc) is 3.77. The van der Waals surface area contributed by atoms with E-state index in [4.69, 9.17) is 27.4 Å². The molecule has 1 fully saturated rings. The van der Waals surface area contributed by atoms with Gasteiger partial charge in [-0.05, 0) is 0 Å². The van der Waals surface area contributed by atoms with Crippen LogP contribution in [-0.2, 0) is 24.7 Å². The summed E-state index contributed by atoms with van der Waals surface area (Å²) >= 11 is 8.99. The number of allylic oxidation sites excluding steroid dienone is 10. The topological polar surface area (TPSA) is 0 Å². The van der Waals surface area contributed by atoms with Crippen LogP contribution < -0.4 is 6.54 Å². The summed E-state index contributed by atoms with van der Waals surface area (Å²) in [5.41, 5.74) is 9.89. The Morgan fingerprint density at radius 3 is 1.91 bits per heavy atom. The monoisotopic (exact) mass is 932 g/mol. The van der Waals surface area contributed by atoms with Gasteiger partial charge >= 0.3 is 352 Å². The van der Waals surface area contributed by atoms with E-state index in [-0.39, 0.29) is 57.8 Å². The number of benzene rings is 3. The first-order valence-electron chi connectivity index (χ1n) is 21.3. The molecule has 0 radical (unpaired) electrons. The molecule has 1 saturated carbocycles. The Morgan fingerprint density at radius 2 is 1.36 bits per heavy atom. The second-order valence-corrected chi connectivity index (χ2v) is 36.0. The van der Waals surface area contributed by atoms with Crippen molar-refractivity contribution in [3.05, 3.63) is 144 Å². The Bertz CT molecular complexity index is 2370. The van der Waals surface area contributed by atoms with Gasteiger partial charge in [0, 0.05) is 0 Å². The summed E-state index contributed by atoms with van der Waals surface area (Å²) in [6, 6.07) is 27.4. The molecule has 0 saturated heterocycles. The first-order valence-corrected chi connectivity index (χ1v) is 28.7. The number of rotatable bonds is 5. The van der Waals surface area contributed by atoms with E-state index in [1.54, 1.807) is 20.0 Å². The first-order chi connectivity index (χ1) is 26.1. The van der Waals surface area contributed by atoms with E-state index < -0.39 is 21.4 Å². The van der Waals surface area contributed by atoms with Gasteiger partial charge in [-0.2, -0.15) is 0 Å². The molecule has 0 bridgehead atoms. The van der Waals surface area contributed by atoms with Crippen LogP contribution in [0.3, 0.4) is 0 Å². The van der Waals surface area contributed by atoms with Crippen molar-refractivity contribution in [2.75, 3.05) is 0 Å². The third-order valence-corrected chi connectivity index (χ3v) is 38.5. The van der Waals surface area contributed by atoms with Crippen LogP contribution in [0.1, 0.15) is 113 Å². The van der Waals surface area contributed by atoms with Crippen molar-refractivity contribution in [3.8, 4) is 0 Å². The normalized spacial score (nSPS) is 28.0. The van der Waals surface area contributed by atoms with Crippen LogP contribution in [-0.4, -0.2) is 4.21 Å². The van der Waals surface area contributed by atoms with Crippen LogP contribution in [0.4, 0.5) is 0 Å². The molecule has 5 heteroatoms. The maximum atomic E-state index is 7.29. The van der Waals surface area contributed by atoms with E-state index in [2.05, 4.69) is 180 Å². The van der Waals surface area contributed by atoms with Crippen molar-refractivity contribution < 1.29 is 18.3 Å². The summed E-state index contributed by atoms with van der Waals surface area (Å²) in [6.07, 6.45) is 14.5. The molecule has 0 nitrogen and oxygen atoms in total. The third-order valence-electron chi connectivity index (χ3n) is 18.3. The summed E-state index contributed by atoms with van der Waals surface area (Å²) in [6.45, 7) is 30.8. The standard InChI is InChI=1S/C29H37.C11H17.2C6H4Cl.CH2.2ClH.Zr/c1-18-25-22-17-19-13-9-10-14-20(19)24(22)21-15-11-12-16-23(21)29(25,8)28(6,7)27(4,5)26(18,2)3;1-5-9-6-7-10(8-9)11(2,3)4;2*7-6-4-2-1-3-5-6;;;;/h9-11,13-15,23H,12,16-17H2,1-8H3;7-9H,5H2,1-4H3;2*1-2,4-5H;1H2;2*1H;. The third kappa shape index (κ3) is 5.31. The van der Waals surface area contributed by atoms with Crippen molar-refractivity contribution in [3.63, 3.8) is 0 Å². The Balaban J connectivity index is 0.00000283. The Morgan fingerprint density at radius 1 is 0.776 bits per heavy atom. The molecular formula is C53H66Cl4Zr. The fourth-order valence-electron chi connectivity index (χ4n) is 13.9. The molecular weight excluding hydrogens is 870 g/mol. The van der Waals surface area contributed by atoms with Crippen LogP contribution in [0.25, 0.3) is 5.57 Å². The molecule has 0 aromatic heterocycles. The minimum atomic E-state index is -5.60. The summed E-state index contributed by atoms with van der Waals surface area (Å²) in [4.78, 5) is 0. The predicted octanol–water partition coefficient (Wildman–Crippen LogP) is 15.4. The number of halogens is 4. The molecule has 3 aromatic carbocycles. The summed E-state index contributed by atoms with van der Waals surface area (Å²) in [5, 5.41) is 1.55. The zero-order valence-electron chi connectivity index (χ0n) is 37.0. The first kappa shape index (κ1) is 45.8. The molecule has 5 aliphatic carbocycles. The van der Waals surface area contributed by atoms with E-state index in [1.165, 1.54) is 28.8 Å². The molecule has 3 aromatic rings. The zero-order valence-corrected chi connectivity index (χ0v) is 42.6. The molecule has 8 rings (SSSR count). The van der Waals surface area contributed by atoms with Crippen molar-refractivity contribution in [1.82, 2.24) is 0 Å². The quantitative estimate of drug-likeness (QED) is 0.239. The van der Waals surface area contributed by atoms with E-state index in [1.807, 2.05) is 0 Å². The van der Waals surface area contributed by atoms with Crippen LogP contribution >= 0.6 is 48.0 Å². The minimum absolute atomic E-state index is 0. The molecule has 4 unspecified atom stereocenters. The molecule has 5 aliphatic rings. The fraction of sp³-hybridized carbons (Fsp3) is 0.453. The Labute approximate surface area is 374 Å². The van der Waals surface area contributed by atoms with Gasteiger partial charge in [0.25, 0.3) is 0 Å². The molecule has 310 valence electrons. The van der Waals surface area contributed by atoms with Crippen LogP contribution in [0.2, 0.25) is 13.2 Å². The van der Waals surface area contributed by atoms with Gasteiger partial charge in [-0.3, -0.25) is 0 Å². The zero-order chi connectivity index (χ0) is 40.7. The summed E-state index contributed by atoms with van der Waals surface area (Å²) in [5.74, 6) is 0.603. The second-order valence-electron chi connectivity index (χ2n) is 21.2. The van der Waals surface area contributed by atoms with E-state index in [0.29, 0.717) is 5.92 Å². The maximum absolute atomic E-state index is 7.29. The number of hydrogen-bond donors (Lipinski definition) is 0. The molecule has 0 aliphatic heterocycles. The van der Waals surface area contributed by atoms with Gasteiger partial charge in [-0.25, -0.2) is 0 Å². The van der Waals surface area contributed by atoms with Gasteiger partial charge in [0.05, 0.1) is 0 Å². The van der Waals surface area contributed by atoms with Crippen LogP contribution in [0.15, 0.2) is 123 Å². The van der Waals surface area contributed by atoms with Gasteiger partial charge in [0.15, 0.2) is 0 Å². The molecule has 4 atom stereocenters. The summed E-state index contributed by atoms with van der Waals surface area (Å²) < 4.78 is 10.0. The van der Waals surface area contributed by atoms with E-state index in [0.717, 1.165) is 35.7 Å². The average molecular weight is 936 g/mol. The van der Waals surface area contributed by atoms with Gasteiger partial charge in [0.2, 0.25) is 0 Å². The predicted molar refractivity (Wildman–Crippen MR) is 257 cm³/mol. The molecule has 0 heterocycles.